The third-order valence-electron chi connectivity index (χ3n) is 2.92. The summed E-state index contributed by atoms with van der Waals surface area (Å²) >= 11 is 3.45. The monoisotopic (exact) mass is 317 g/mol. The van der Waals surface area contributed by atoms with Gasteiger partial charge in [-0.15, -0.1) is 0 Å². The first-order valence-electron chi connectivity index (χ1n) is 5.76. The topological polar surface area (TPSA) is 63.9 Å². The van der Waals surface area contributed by atoms with Gasteiger partial charge in [-0.2, -0.15) is 0 Å². The predicted molar refractivity (Wildman–Crippen MR) is 80.2 cm³/mol. The number of nitrogen functional groups attached to an aromatic ring is 1. The van der Waals surface area contributed by atoms with Gasteiger partial charge in [-0.3, -0.25) is 0 Å². The molecule has 0 aliphatic heterocycles. The van der Waals surface area contributed by atoms with Gasteiger partial charge < -0.3 is 15.5 Å². The summed E-state index contributed by atoms with van der Waals surface area (Å²) in [6.45, 7) is 0. The zero-order valence-electron chi connectivity index (χ0n) is 10.3. The first-order valence-corrected chi connectivity index (χ1v) is 6.56. The van der Waals surface area contributed by atoms with E-state index in [4.69, 9.17) is 10.5 Å². The highest BCUT2D eigenvalue weighted by molar-refractivity contribution is 9.10. The maximum absolute atomic E-state index is 5.76. The fourth-order valence-electron chi connectivity index (χ4n) is 2.01. The summed E-state index contributed by atoms with van der Waals surface area (Å²) in [7, 11) is 1.62. The summed E-state index contributed by atoms with van der Waals surface area (Å²) in [5, 5.41) is 0. The Kier molecular flexibility index (Phi) is 2.91. The van der Waals surface area contributed by atoms with Gasteiger partial charge in [0, 0.05) is 16.2 Å². The number of fused-ring (bicyclic) bond motifs is 1. The van der Waals surface area contributed by atoms with Gasteiger partial charge in [0.25, 0.3) is 0 Å². The maximum Gasteiger partial charge on any atom is 0.142 e. The molecule has 0 saturated heterocycles. The Hall–Kier alpha value is -2.01. The lowest BCUT2D eigenvalue weighted by atomic mass is 10.1. The minimum Gasteiger partial charge on any atom is -0.496 e. The van der Waals surface area contributed by atoms with Crippen LogP contribution in [-0.2, 0) is 0 Å². The van der Waals surface area contributed by atoms with Crippen molar-refractivity contribution in [1.29, 1.82) is 0 Å². The van der Waals surface area contributed by atoms with Crippen LogP contribution in [0.2, 0.25) is 0 Å². The van der Waals surface area contributed by atoms with Crippen molar-refractivity contribution in [2.75, 3.05) is 12.8 Å². The van der Waals surface area contributed by atoms with Crippen molar-refractivity contribution < 1.29 is 4.74 Å². The second kappa shape index (κ2) is 4.59. The number of imidazole rings is 1. The molecular formula is C14H12BrN3O. The van der Waals surface area contributed by atoms with Crippen molar-refractivity contribution in [2.24, 2.45) is 0 Å². The molecule has 0 atom stereocenters. The van der Waals surface area contributed by atoms with Gasteiger partial charge in [0.1, 0.15) is 11.6 Å². The lowest BCUT2D eigenvalue weighted by molar-refractivity contribution is 0.416. The fourth-order valence-corrected chi connectivity index (χ4v) is 2.37. The van der Waals surface area contributed by atoms with Crippen molar-refractivity contribution in [3.05, 3.63) is 40.9 Å². The number of nitrogens with zero attached hydrogens (tertiary/aromatic N) is 1. The molecule has 3 N–H and O–H groups in total. The van der Waals surface area contributed by atoms with Crippen LogP contribution in [0, 0.1) is 0 Å². The van der Waals surface area contributed by atoms with Gasteiger partial charge in [0.15, 0.2) is 0 Å². The number of aromatic nitrogens is 2. The van der Waals surface area contributed by atoms with Crippen molar-refractivity contribution >= 4 is 32.7 Å². The van der Waals surface area contributed by atoms with Crippen molar-refractivity contribution in [1.82, 2.24) is 9.97 Å². The van der Waals surface area contributed by atoms with Crippen molar-refractivity contribution in [3.63, 3.8) is 0 Å². The molecular weight excluding hydrogens is 306 g/mol. The number of benzene rings is 2. The summed E-state index contributed by atoms with van der Waals surface area (Å²) in [5.74, 6) is 1.48. The molecule has 0 fully saturated rings. The number of ether oxygens (including phenoxy) is 1. The Morgan fingerprint density at radius 3 is 2.84 bits per heavy atom. The van der Waals surface area contributed by atoms with E-state index in [2.05, 4.69) is 25.9 Å². The summed E-state index contributed by atoms with van der Waals surface area (Å²) in [4.78, 5) is 7.85. The molecule has 96 valence electrons. The second-order valence-electron chi connectivity index (χ2n) is 4.21. The highest BCUT2D eigenvalue weighted by Gasteiger charge is 2.11. The van der Waals surface area contributed by atoms with Gasteiger partial charge >= 0.3 is 0 Å². The van der Waals surface area contributed by atoms with Gasteiger partial charge in [-0.05, 0) is 30.3 Å². The van der Waals surface area contributed by atoms with Gasteiger partial charge in [-0.25, -0.2) is 4.98 Å². The Labute approximate surface area is 118 Å². The van der Waals surface area contributed by atoms with Crippen LogP contribution in [0.4, 0.5) is 5.69 Å². The van der Waals surface area contributed by atoms with E-state index in [1.165, 1.54) is 0 Å². The largest absolute Gasteiger partial charge is 0.496 e. The van der Waals surface area contributed by atoms with Crippen molar-refractivity contribution in [2.45, 2.75) is 0 Å². The summed E-state index contributed by atoms with van der Waals surface area (Å²) in [6.07, 6.45) is 0. The smallest absolute Gasteiger partial charge is 0.142 e. The fraction of sp³-hybridized carbons (Fsp3) is 0.0714. The first-order chi connectivity index (χ1) is 9.17. The average molecular weight is 318 g/mol. The second-order valence-corrected chi connectivity index (χ2v) is 5.12. The van der Waals surface area contributed by atoms with Crippen LogP contribution >= 0.6 is 15.9 Å². The normalized spacial score (nSPS) is 10.8. The molecule has 2 aromatic carbocycles. The van der Waals surface area contributed by atoms with E-state index in [9.17, 15) is 0 Å². The zero-order chi connectivity index (χ0) is 13.4. The molecule has 0 unspecified atom stereocenters. The Morgan fingerprint density at radius 2 is 2.05 bits per heavy atom. The van der Waals surface area contributed by atoms with Crippen LogP contribution < -0.4 is 10.5 Å². The number of rotatable bonds is 2. The van der Waals surface area contributed by atoms with E-state index in [-0.39, 0.29) is 0 Å². The highest BCUT2D eigenvalue weighted by Crippen LogP contribution is 2.31. The molecule has 0 radical (unpaired) electrons. The molecule has 5 heteroatoms. The Balaban J connectivity index is 2.18. The van der Waals surface area contributed by atoms with Crippen LogP contribution in [0.1, 0.15) is 0 Å². The minimum atomic E-state index is 0.666. The summed E-state index contributed by atoms with van der Waals surface area (Å²) in [6, 6.07) is 11.5. The van der Waals surface area contributed by atoms with E-state index < -0.39 is 0 Å². The van der Waals surface area contributed by atoms with E-state index >= 15 is 0 Å². The third-order valence-corrected chi connectivity index (χ3v) is 3.42. The molecule has 3 rings (SSSR count). The predicted octanol–water partition coefficient (Wildman–Crippen LogP) is 3.58. The number of H-pyrrole nitrogens is 1. The number of nitrogens with two attached hydrogens (primary N) is 1. The Morgan fingerprint density at radius 1 is 1.21 bits per heavy atom. The van der Waals surface area contributed by atoms with Crippen LogP contribution in [0.15, 0.2) is 40.9 Å². The molecule has 0 aliphatic rings. The molecule has 4 nitrogen and oxygen atoms in total. The molecule has 0 bridgehead atoms. The Bertz CT molecular complexity index is 752. The number of hydrogen-bond donors (Lipinski definition) is 2. The molecule has 0 spiro atoms. The SMILES string of the molecule is COc1cc(N)ccc1-c1nc2ccc(Br)cc2[nH]1. The van der Waals surface area contributed by atoms with Crippen LogP contribution in [0.5, 0.6) is 5.75 Å². The average Bonchev–Trinajstić information content (AvgIpc) is 2.81. The van der Waals surface area contributed by atoms with Gasteiger partial charge in [0.05, 0.1) is 23.7 Å². The highest BCUT2D eigenvalue weighted by atomic mass is 79.9. The minimum absolute atomic E-state index is 0.666. The number of halogens is 1. The van der Waals surface area contributed by atoms with Gasteiger partial charge in [-0.1, -0.05) is 15.9 Å². The summed E-state index contributed by atoms with van der Waals surface area (Å²) in [5.41, 5.74) is 9.21. The van der Waals surface area contributed by atoms with E-state index in [1.54, 1.807) is 13.2 Å². The number of hydrogen-bond acceptors (Lipinski definition) is 3. The lowest BCUT2D eigenvalue weighted by Gasteiger charge is -2.06. The molecule has 3 aromatic rings. The molecule has 1 heterocycles. The van der Waals surface area contributed by atoms with E-state index in [1.807, 2.05) is 30.3 Å². The molecule has 0 aliphatic carbocycles. The molecule has 1 aromatic heterocycles. The third kappa shape index (κ3) is 2.17. The quantitative estimate of drug-likeness (QED) is 0.710. The standard InChI is InChI=1S/C14H12BrN3O/c1-19-13-7-9(16)3-4-10(13)14-17-11-5-2-8(15)6-12(11)18-14/h2-7H,16H2,1H3,(H,17,18). The van der Waals surface area contributed by atoms with Crippen LogP contribution in [0.3, 0.4) is 0 Å². The number of aromatic amines is 1. The van der Waals surface area contributed by atoms with E-state index in [0.29, 0.717) is 11.4 Å². The first kappa shape index (κ1) is 12.0. The van der Waals surface area contributed by atoms with Crippen molar-refractivity contribution in [3.8, 4) is 17.1 Å². The number of methoxy groups -OCH3 is 1. The maximum atomic E-state index is 5.76. The van der Waals surface area contributed by atoms with Crippen LogP contribution in [0.25, 0.3) is 22.4 Å². The number of nitrogens with one attached hydrogen (secondary N) is 1. The van der Waals surface area contributed by atoms with Gasteiger partial charge in [0.2, 0.25) is 0 Å². The summed E-state index contributed by atoms with van der Waals surface area (Å²) < 4.78 is 6.36. The van der Waals surface area contributed by atoms with E-state index in [0.717, 1.165) is 26.9 Å². The molecule has 19 heavy (non-hydrogen) atoms. The lowest BCUT2D eigenvalue weighted by Crippen LogP contribution is -1.92. The molecule has 0 amide bonds. The molecule has 0 saturated carbocycles. The zero-order valence-corrected chi connectivity index (χ0v) is 11.9. The van der Waals surface area contributed by atoms with Crippen LogP contribution in [-0.4, -0.2) is 17.1 Å². The number of anilines is 1.